The number of aliphatic hydroxyl groups excluding tert-OH is 1. The van der Waals surface area contributed by atoms with E-state index in [9.17, 15) is 5.11 Å². The van der Waals surface area contributed by atoms with Gasteiger partial charge in [-0.3, -0.25) is 4.90 Å². The van der Waals surface area contributed by atoms with E-state index in [2.05, 4.69) is 17.1 Å². The highest BCUT2D eigenvalue weighted by molar-refractivity contribution is 4.85. The van der Waals surface area contributed by atoms with Crippen molar-refractivity contribution < 1.29 is 14.6 Å². The zero-order valence-electron chi connectivity index (χ0n) is 11.9. The molecule has 0 amide bonds. The topological polar surface area (TPSA) is 54.0 Å². The summed E-state index contributed by atoms with van der Waals surface area (Å²) in [7, 11) is 3.45. The van der Waals surface area contributed by atoms with Crippen molar-refractivity contribution in [1.82, 2.24) is 10.2 Å². The van der Waals surface area contributed by atoms with Gasteiger partial charge in [-0.25, -0.2) is 0 Å². The maximum atomic E-state index is 9.96. The van der Waals surface area contributed by atoms with Crippen LogP contribution in [-0.2, 0) is 9.47 Å². The van der Waals surface area contributed by atoms with Crippen molar-refractivity contribution in [2.45, 2.75) is 31.5 Å². The quantitative estimate of drug-likeness (QED) is 0.606. The van der Waals surface area contributed by atoms with Crippen LogP contribution in [0, 0.1) is 0 Å². The third-order valence-corrected chi connectivity index (χ3v) is 3.56. The molecular weight excluding hydrogens is 232 g/mol. The summed E-state index contributed by atoms with van der Waals surface area (Å²) in [5, 5.41) is 13.1. The van der Waals surface area contributed by atoms with E-state index < -0.39 is 0 Å². The van der Waals surface area contributed by atoms with Crippen LogP contribution < -0.4 is 5.32 Å². The molecule has 18 heavy (non-hydrogen) atoms. The summed E-state index contributed by atoms with van der Waals surface area (Å²) in [5.74, 6) is 0. The second-order valence-corrected chi connectivity index (χ2v) is 5.34. The van der Waals surface area contributed by atoms with Crippen LogP contribution in [-0.4, -0.2) is 75.3 Å². The van der Waals surface area contributed by atoms with Crippen molar-refractivity contribution in [2.75, 3.05) is 53.6 Å². The Hall–Kier alpha value is -0.200. The van der Waals surface area contributed by atoms with Crippen molar-refractivity contribution in [1.29, 1.82) is 0 Å². The van der Waals surface area contributed by atoms with Crippen molar-refractivity contribution in [3.05, 3.63) is 0 Å². The van der Waals surface area contributed by atoms with Gasteiger partial charge in [0.05, 0.1) is 18.3 Å². The van der Waals surface area contributed by atoms with Crippen LogP contribution >= 0.6 is 0 Å². The Kier molecular flexibility index (Phi) is 7.11. The minimum Gasteiger partial charge on any atom is -0.390 e. The van der Waals surface area contributed by atoms with E-state index in [0.29, 0.717) is 19.7 Å². The van der Waals surface area contributed by atoms with Gasteiger partial charge in [0.2, 0.25) is 0 Å². The molecule has 0 aliphatic carbocycles. The first-order valence-corrected chi connectivity index (χ1v) is 6.75. The molecule has 1 fully saturated rings. The molecule has 2 N–H and O–H groups in total. The third kappa shape index (κ3) is 5.63. The van der Waals surface area contributed by atoms with Crippen LogP contribution in [0.1, 0.15) is 19.8 Å². The number of likely N-dealkylation sites (tertiary alicyclic amines) is 1. The highest BCUT2D eigenvalue weighted by Gasteiger charge is 2.31. The second-order valence-electron chi connectivity index (χ2n) is 5.34. The van der Waals surface area contributed by atoms with Crippen LogP contribution in [0.3, 0.4) is 0 Å². The maximum absolute atomic E-state index is 9.96. The number of ether oxygens (including phenoxy) is 2. The monoisotopic (exact) mass is 260 g/mol. The van der Waals surface area contributed by atoms with Gasteiger partial charge in [-0.1, -0.05) is 0 Å². The Balaban J connectivity index is 2.20. The lowest BCUT2D eigenvalue weighted by atomic mass is 9.94. The standard InChI is InChI=1S/C13H28N2O3/c1-13(18-3)5-4-7-15(11-13)10-12(16)9-14-6-8-17-2/h12,14,16H,4-11H2,1-3H3. The molecule has 1 rings (SSSR count). The van der Waals surface area contributed by atoms with E-state index in [1.165, 1.54) is 0 Å². The lowest BCUT2D eigenvalue weighted by molar-refractivity contribution is -0.0582. The van der Waals surface area contributed by atoms with E-state index in [4.69, 9.17) is 9.47 Å². The number of aliphatic hydroxyl groups is 1. The van der Waals surface area contributed by atoms with Crippen LogP contribution in [0.4, 0.5) is 0 Å². The molecule has 0 bridgehead atoms. The Bertz CT molecular complexity index is 228. The number of β-amino-alcohol motifs (C(OH)–C–C–N with tert-alkyl or cyclic N) is 1. The molecule has 108 valence electrons. The van der Waals surface area contributed by atoms with Gasteiger partial charge in [0, 0.05) is 40.4 Å². The third-order valence-electron chi connectivity index (χ3n) is 3.56. The highest BCUT2D eigenvalue weighted by Crippen LogP contribution is 2.23. The molecule has 1 aliphatic rings. The molecular formula is C13H28N2O3. The van der Waals surface area contributed by atoms with Crippen LogP contribution in [0.5, 0.6) is 0 Å². The molecule has 1 aliphatic heterocycles. The fourth-order valence-electron chi connectivity index (χ4n) is 2.44. The number of hydrogen-bond donors (Lipinski definition) is 2. The lowest BCUT2D eigenvalue weighted by Gasteiger charge is -2.40. The maximum Gasteiger partial charge on any atom is 0.0791 e. The van der Waals surface area contributed by atoms with Gasteiger partial charge in [-0.05, 0) is 26.3 Å². The minimum absolute atomic E-state index is 0.0541. The number of methoxy groups -OCH3 is 2. The number of rotatable bonds is 8. The Morgan fingerprint density at radius 3 is 2.89 bits per heavy atom. The first kappa shape index (κ1) is 15.9. The largest absolute Gasteiger partial charge is 0.390 e. The first-order chi connectivity index (χ1) is 8.59. The Labute approximate surface area is 110 Å². The first-order valence-electron chi connectivity index (χ1n) is 6.75. The van der Waals surface area contributed by atoms with Gasteiger partial charge in [-0.2, -0.15) is 0 Å². The smallest absolute Gasteiger partial charge is 0.0791 e. The Morgan fingerprint density at radius 2 is 2.22 bits per heavy atom. The molecule has 0 spiro atoms. The minimum atomic E-state index is -0.332. The molecule has 2 unspecified atom stereocenters. The summed E-state index contributed by atoms with van der Waals surface area (Å²) >= 11 is 0. The predicted octanol–water partition coefficient (Wildman–Crippen LogP) is 0.0842. The fourth-order valence-corrected chi connectivity index (χ4v) is 2.44. The fraction of sp³-hybridized carbons (Fsp3) is 1.00. The molecule has 0 saturated carbocycles. The van der Waals surface area contributed by atoms with Gasteiger partial charge in [0.25, 0.3) is 0 Å². The van der Waals surface area contributed by atoms with Crippen molar-refractivity contribution in [3.63, 3.8) is 0 Å². The van der Waals surface area contributed by atoms with Gasteiger partial charge in [0.1, 0.15) is 0 Å². The number of nitrogens with zero attached hydrogens (tertiary/aromatic N) is 1. The van der Waals surface area contributed by atoms with Crippen molar-refractivity contribution >= 4 is 0 Å². The SMILES string of the molecule is COCCNCC(O)CN1CCCC(C)(OC)C1. The number of piperidine rings is 1. The van der Waals surface area contributed by atoms with E-state index in [0.717, 1.165) is 32.5 Å². The van der Waals surface area contributed by atoms with E-state index in [1.54, 1.807) is 14.2 Å². The van der Waals surface area contributed by atoms with Gasteiger partial charge in [0.15, 0.2) is 0 Å². The molecule has 0 aromatic rings. The highest BCUT2D eigenvalue weighted by atomic mass is 16.5. The summed E-state index contributed by atoms with van der Waals surface area (Å²) in [4.78, 5) is 2.29. The average molecular weight is 260 g/mol. The van der Waals surface area contributed by atoms with Gasteiger partial charge >= 0.3 is 0 Å². The summed E-state index contributed by atoms with van der Waals surface area (Å²) in [6, 6.07) is 0. The van der Waals surface area contributed by atoms with Crippen LogP contribution in [0.2, 0.25) is 0 Å². The molecule has 5 heteroatoms. The van der Waals surface area contributed by atoms with Gasteiger partial charge < -0.3 is 19.9 Å². The zero-order valence-corrected chi connectivity index (χ0v) is 11.9. The summed E-state index contributed by atoms with van der Waals surface area (Å²) in [6.45, 7) is 6.87. The summed E-state index contributed by atoms with van der Waals surface area (Å²) in [5.41, 5.74) is -0.0541. The van der Waals surface area contributed by atoms with Gasteiger partial charge in [-0.15, -0.1) is 0 Å². The zero-order chi connectivity index (χ0) is 13.4. The summed E-state index contributed by atoms with van der Waals surface area (Å²) < 4.78 is 10.5. The number of nitrogens with one attached hydrogen (secondary N) is 1. The molecule has 5 nitrogen and oxygen atoms in total. The molecule has 0 aromatic heterocycles. The molecule has 0 aromatic carbocycles. The summed E-state index contributed by atoms with van der Waals surface area (Å²) in [6.07, 6.45) is 1.90. The van der Waals surface area contributed by atoms with Crippen molar-refractivity contribution in [2.24, 2.45) is 0 Å². The lowest BCUT2D eigenvalue weighted by Crippen LogP contribution is -2.50. The molecule has 1 saturated heterocycles. The Morgan fingerprint density at radius 1 is 1.44 bits per heavy atom. The molecule has 1 heterocycles. The second kappa shape index (κ2) is 8.07. The predicted molar refractivity (Wildman–Crippen MR) is 71.8 cm³/mol. The van der Waals surface area contributed by atoms with Crippen LogP contribution in [0.25, 0.3) is 0 Å². The van der Waals surface area contributed by atoms with Crippen molar-refractivity contribution in [3.8, 4) is 0 Å². The van der Waals surface area contributed by atoms with E-state index in [1.807, 2.05) is 0 Å². The number of hydrogen-bond acceptors (Lipinski definition) is 5. The molecule has 0 radical (unpaired) electrons. The van der Waals surface area contributed by atoms with E-state index in [-0.39, 0.29) is 11.7 Å². The van der Waals surface area contributed by atoms with E-state index >= 15 is 0 Å². The molecule has 2 atom stereocenters. The average Bonchev–Trinajstić information content (AvgIpc) is 2.35. The van der Waals surface area contributed by atoms with Crippen LogP contribution in [0.15, 0.2) is 0 Å². The normalized spacial score (nSPS) is 27.3.